The first-order valence-electron chi connectivity index (χ1n) is 10.3. The molecule has 3 atom stereocenters. The molecule has 2 heterocycles. The van der Waals surface area contributed by atoms with Crippen LogP contribution in [0, 0.1) is 0 Å². The predicted molar refractivity (Wildman–Crippen MR) is 108 cm³/mol. The Bertz CT molecular complexity index is 796. The Labute approximate surface area is 171 Å². The summed E-state index contributed by atoms with van der Waals surface area (Å²) in [7, 11) is 1.39. The summed E-state index contributed by atoms with van der Waals surface area (Å²) in [5.41, 5.74) is 2.16. The normalized spacial score (nSPS) is 28.3. The minimum Gasteiger partial charge on any atom is -0.466 e. The van der Waals surface area contributed by atoms with Gasteiger partial charge in [-0.05, 0) is 32.3 Å². The standard InChI is InChI=1S/C22H29N3O4/c1-14-11-24(12-15(2)29-14)13-18-19(21(26)28-3)20(16-7-5-4-6-8-16)23-22(27)25(18)17-9-10-17/h4-8,14-15,17,20H,9-13H2,1-3H3,(H,23,27)/t14-,15-,20-/m0/s1. The highest BCUT2D eigenvalue weighted by Gasteiger charge is 2.44. The Morgan fingerprint density at radius 3 is 2.41 bits per heavy atom. The van der Waals surface area contributed by atoms with Gasteiger partial charge in [-0.2, -0.15) is 0 Å². The smallest absolute Gasteiger partial charge is 0.338 e. The van der Waals surface area contributed by atoms with E-state index in [1.54, 1.807) is 4.90 Å². The zero-order valence-corrected chi connectivity index (χ0v) is 17.3. The highest BCUT2D eigenvalue weighted by atomic mass is 16.5. The summed E-state index contributed by atoms with van der Waals surface area (Å²) in [5.74, 6) is -0.395. The van der Waals surface area contributed by atoms with E-state index in [0.29, 0.717) is 12.1 Å². The molecule has 2 amide bonds. The van der Waals surface area contributed by atoms with Gasteiger partial charge in [-0.25, -0.2) is 9.59 Å². The minimum atomic E-state index is -0.517. The molecule has 1 saturated carbocycles. The zero-order valence-electron chi connectivity index (χ0n) is 17.3. The topological polar surface area (TPSA) is 71.1 Å². The van der Waals surface area contributed by atoms with Gasteiger partial charge in [0.15, 0.2) is 0 Å². The number of amides is 2. The number of morpholine rings is 1. The van der Waals surface area contributed by atoms with E-state index < -0.39 is 12.0 Å². The van der Waals surface area contributed by atoms with Crippen LogP contribution in [0.3, 0.4) is 0 Å². The van der Waals surface area contributed by atoms with Crippen LogP contribution in [0.4, 0.5) is 4.79 Å². The van der Waals surface area contributed by atoms with E-state index in [4.69, 9.17) is 9.47 Å². The van der Waals surface area contributed by atoms with E-state index >= 15 is 0 Å². The Morgan fingerprint density at radius 1 is 1.17 bits per heavy atom. The molecule has 3 aliphatic rings. The number of benzene rings is 1. The van der Waals surface area contributed by atoms with Gasteiger partial charge >= 0.3 is 12.0 Å². The minimum absolute atomic E-state index is 0.109. The molecule has 1 N–H and O–H groups in total. The van der Waals surface area contributed by atoms with Gasteiger partial charge in [0, 0.05) is 31.4 Å². The predicted octanol–water partition coefficient (Wildman–Crippen LogP) is 2.45. The molecule has 4 rings (SSSR count). The monoisotopic (exact) mass is 399 g/mol. The van der Waals surface area contributed by atoms with Crippen molar-refractivity contribution in [2.75, 3.05) is 26.7 Å². The van der Waals surface area contributed by atoms with E-state index in [2.05, 4.69) is 24.1 Å². The van der Waals surface area contributed by atoms with Crippen LogP contribution in [0.25, 0.3) is 0 Å². The SMILES string of the molecule is COC(=O)C1=C(CN2C[C@H](C)O[C@@H](C)C2)N(C2CC2)C(=O)N[C@H]1c1ccccc1. The van der Waals surface area contributed by atoms with Gasteiger partial charge in [0.25, 0.3) is 0 Å². The number of nitrogens with zero attached hydrogens (tertiary/aromatic N) is 2. The number of carbonyl (C=O) groups excluding carboxylic acids is 2. The molecule has 2 aliphatic heterocycles. The van der Waals surface area contributed by atoms with Crippen LogP contribution in [0.5, 0.6) is 0 Å². The van der Waals surface area contributed by atoms with Crippen molar-refractivity contribution in [1.82, 2.24) is 15.1 Å². The number of urea groups is 1. The molecule has 1 aromatic rings. The fraction of sp³-hybridized carbons (Fsp3) is 0.545. The van der Waals surface area contributed by atoms with Crippen molar-refractivity contribution in [2.24, 2.45) is 0 Å². The molecule has 2 fully saturated rings. The van der Waals surface area contributed by atoms with Gasteiger partial charge in [-0.15, -0.1) is 0 Å². The van der Waals surface area contributed by atoms with Crippen molar-refractivity contribution < 1.29 is 19.1 Å². The second-order valence-electron chi connectivity index (χ2n) is 8.20. The highest BCUT2D eigenvalue weighted by molar-refractivity contribution is 5.95. The maximum atomic E-state index is 13.1. The third-order valence-corrected chi connectivity index (χ3v) is 5.70. The van der Waals surface area contributed by atoms with E-state index in [1.165, 1.54) is 7.11 Å². The number of methoxy groups -OCH3 is 1. The average Bonchev–Trinajstić information content (AvgIpc) is 3.52. The van der Waals surface area contributed by atoms with E-state index in [-0.39, 0.29) is 24.3 Å². The first-order valence-corrected chi connectivity index (χ1v) is 10.3. The van der Waals surface area contributed by atoms with Gasteiger partial charge < -0.3 is 14.8 Å². The fourth-order valence-electron chi connectivity index (χ4n) is 4.43. The van der Waals surface area contributed by atoms with Crippen molar-refractivity contribution in [1.29, 1.82) is 0 Å². The Hall–Kier alpha value is -2.38. The molecule has 1 saturated heterocycles. The van der Waals surface area contributed by atoms with Crippen LogP contribution < -0.4 is 5.32 Å². The van der Waals surface area contributed by atoms with Gasteiger partial charge in [-0.3, -0.25) is 9.80 Å². The molecule has 29 heavy (non-hydrogen) atoms. The quantitative estimate of drug-likeness (QED) is 0.770. The summed E-state index contributed by atoms with van der Waals surface area (Å²) in [6.07, 6.45) is 2.13. The number of hydrogen-bond acceptors (Lipinski definition) is 5. The zero-order chi connectivity index (χ0) is 20.5. The Balaban J connectivity index is 1.77. The molecule has 0 aromatic heterocycles. The summed E-state index contributed by atoms with van der Waals surface area (Å²) in [5, 5.41) is 3.04. The average molecular weight is 399 g/mol. The summed E-state index contributed by atoms with van der Waals surface area (Å²) in [4.78, 5) is 30.1. The van der Waals surface area contributed by atoms with Crippen molar-refractivity contribution in [2.45, 2.75) is 51.0 Å². The second-order valence-corrected chi connectivity index (χ2v) is 8.20. The number of ether oxygens (including phenoxy) is 2. The summed E-state index contributed by atoms with van der Waals surface area (Å²) >= 11 is 0. The van der Waals surface area contributed by atoms with E-state index in [0.717, 1.165) is 37.2 Å². The lowest BCUT2D eigenvalue weighted by Gasteiger charge is -2.41. The Kier molecular flexibility index (Phi) is 5.61. The van der Waals surface area contributed by atoms with Crippen LogP contribution in [-0.2, 0) is 14.3 Å². The summed E-state index contributed by atoms with van der Waals surface area (Å²) < 4.78 is 11.0. The third kappa shape index (κ3) is 4.16. The maximum absolute atomic E-state index is 13.1. The number of esters is 1. The molecule has 7 heteroatoms. The molecule has 0 bridgehead atoms. The van der Waals surface area contributed by atoms with E-state index in [1.807, 2.05) is 30.3 Å². The van der Waals surface area contributed by atoms with Crippen LogP contribution in [0.2, 0.25) is 0 Å². The molecular formula is C22H29N3O4. The summed E-state index contributed by atoms with van der Waals surface area (Å²) in [6.45, 7) is 6.15. The van der Waals surface area contributed by atoms with E-state index in [9.17, 15) is 9.59 Å². The molecule has 0 radical (unpaired) electrons. The maximum Gasteiger partial charge on any atom is 0.338 e. The van der Waals surface area contributed by atoms with Crippen molar-refractivity contribution in [3.8, 4) is 0 Å². The second kappa shape index (κ2) is 8.16. The summed E-state index contributed by atoms with van der Waals surface area (Å²) in [6, 6.07) is 9.09. The van der Waals surface area contributed by atoms with Crippen molar-refractivity contribution >= 4 is 12.0 Å². The van der Waals surface area contributed by atoms with Gasteiger partial charge in [0.05, 0.1) is 30.9 Å². The van der Waals surface area contributed by atoms with Crippen LogP contribution in [0.1, 0.15) is 38.3 Å². The molecule has 7 nitrogen and oxygen atoms in total. The van der Waals surface area contributed by atoms with Gasteiger partial charge in [-0.1, -0.05) is 30.3 Å². The number of carbonyl (C=O) groups is 2. The fourth-order valence-corrected chi connectivity index (χ4v) is 4.43. The lowest BCUT2D eigenvalue weighted by atomic mass is 9.94. The molecule has 0 unspecified atom stereocenters. The number of nitrogens with one attached hydrogen (secondary N) is 1. The number of hydrogen-bond donors (Lipinski definition) is 1. The number of rotatable bonds is 5. The van der Waals surface area contributed by atoms with Crippen molar-refractivity contribution in [3.63, 3.8) is 0 Å². The van der Waals surface area contributed by atoms with Crippen LogP contribution in [0.15, 0.2) is 41.6 Å². The molecule has 1 aliphatic carbocycles. The third-order valence-electron chi connectivity index (χ3n) is 5.70. The molecular weight excluding hydrogens is 370 g/mol. The van der Waals surface area contributed by atoms with Gasteiger partial charge in [0.1, 0.15) is 0 Å². The molecule has 1 aromatic carbocycles. The Morgan fingerprint density at radius 2 is 1.83 bits per heavy atom. The molecule has 0 spiro atoms. The first-order chi connectivity index (χ1) is 14.0. The molecule has 156 valence electrons. The first kappa shape index (κ1) is 19.9. The largest absolute Gasteiger partial charge is 0.466 e. The highest BCUT2D eigenvalue weighted by Crippen LogP contribution is 2.38. The lowest BCUT2D eigenvalue weighted by Crippen LogP contribution is -2.53. The lowest BCUT2D eigenvalue weighted by molar-refractivity contribution is -0.136. The van der Waals surface area contributed by atoms with Gasteiger partial charge in [0.2, 0.25) is 0 Å². The van der Waals surface area contributed by atoms with Crippen molar-refractivity contribution in [3.05, 3.63) is 47.2 Å². The van der Waals surface area contributed by atoms with Crippen LogP contribution in [-0.4, -0.2) is 66.8 Å². The van der Waals surface area contributed by atoms with Crippen LogP contribution >= 0.6 is 0 Å².